The number of thiophene rings is 2. The molecule has 1 atom stereocenters. The molecule has 0 unspecified atom stereocenters. The maximum absolute atomic E-state index is 12.9. The van der Waals surface area contributed by atoms with Gasteiger partial charge in [0.15, 0.2) is 5.65 Å². The van der Waals surface area contributed by atoms with Crippen LogP contribution in [0.4, 0.5) is 0 Å². The standard InChI is InChI=1S/C24H27N5O2S2/c1-13-8-15(32-12-13)9-27-23(31)19-7-6-18(33-19)17-11-26-21-20(29-17)16(10-25-21)22(30)28-14(2)24(3,4)5/h6-8,10-12,14H,9H2,1-5H3,(H,25,26)(H,27,31)(H,28,30)/t14-/m0/s1. The molecule has 3 N–H and O–H groups in total. The first-order chi connectivity index (χ1) is 15.6. The zero-order valence-corrected chi connectivity index (χ0v) is 20.9. The summed E-state index contributed by atoms with van der Waals surface area (Å²) in [5.41, 5.74) is 3.28. The van der Waals surface area contributed by atoms with Gasteiger partial charge in [-0.3, -0.25) is 9.59 Å². The molecular formula is C24H27N5O2S2. The third kappa shape index (κ3) is 5.15. The lowest BCUT2D eigenvalue weighted by atomic mass is 9.88. The van der Waals surface area contributed by atoms with Crippen LogP contribution < -0.4 is 10.6 Å². The highest BCUT2D eigenvalue weighted by molar-refractivity contribution is 7.17. The molecule has 0 saturated heterocycles. The van der Waals surface area contributed by atoms with Gasteiger partial charge in [-0.1, -0.05) is 20.8 Å². The molecule has 9 heteroatoms. The second-order valence-corrected chi connectivity index (χ2v) is 11.2. The fourth-order valence-electron chi connectivity index (χ4n) is 3.11. The van der Waals surface area contributed by atoms with Gasteiger partial charge in [0.1, 0.15) is 5.52 Å². The molecular weight excluding hydrogens is 454 g/mol. The monoisotopic (exact) mass is 481 g/mol. The van der Waals surface area contributed by atoms with Crippen LogP contribution in [0.1, 0.15) is 58.2 Å². The van der Waals surface area contributed by atoms with E-state index in [1.165, 1.54) is 16.9 Å². The second kappa shape index (κ2) is 9.07. The van der Waals surface area contributed by atoms with Gasteiger partial charge in [-0.15, -0.1) is 22.7 Å². The largest absolute Gasteiger partial charge is 0.349 e. The summed E-state index contributed by atoms with van der Waals surface area (Å²) in [5, 5.41) is 8.07. The van der Waals surface area contributed by atoms with Gasteiger partial charge in [0.25, 0.3) is 11.8 Å². The number of hydrogen-bond donors (Lipinski definition) is 3. The van der Waals surface area contributed by atoms with Crippen molar-refractivity contribution in [1.29, 1.82) is 0 Å². The van der Waals surface area contributed by atoms with Gasteiger partial charge in [0, 0.05) is 17.1 Å². The quantitative estimate of drug-likeness (QED) is 0.355. The molecule has 33 heavy (non-hydrogen) atoms. The molecule has 0 saturated carbocycles. The van der Waals surface area contributed by atoms with Gasteiger partial charge in [-0.2, -0.15) is 0 Å². The zero-order chi connectivity index (χ0) is 23.8. The summed E-state index contributed by atoms with van der Waals surface area (Å²) in [6.07, 6.45) is 3.29. The van der Waals surface area contributed by atoms with Gasteiger partial charge < -0.3 is 15.6 Å². The maximum Gasteiger partial charge on any atom is 0.261 e. The molecule has 0 aliphatic rings. The lowest BCUT2D eigenvalue weighted by Gasteiger charge is -2.27. The Bertz CT molecular complexity index is 1310. The Labute approximate surface area is 200 Å². The highest BCUT2D eigenvalue weighted by atomic mass is 32.1. The number of amides is 2. The first kappa shape index (κ1) is 23.1. The number of carbonyl (C=O) groups is 2. The van der Waals surface area contributed by atoms with Gasteiger partial charge in [-0.05, 0) is 48.4 Å². The number of rotatable bonds is 6. The van der Waals surface area contributed by atoms with Crippen molar-refractivity contribution < 1.29 is 9.59 Å². The van der Waals surface area contributed by atoms with E-state index in [2.05, 4.69) is 52.8 Å². The molecule has 0 spiro atoms. The number of aromatic amines is 1. The SMILES string of the molecule is Cc1csc(CNC(=O)c2ccc(-c3cnc4[nH]cc(C(=O)N[C@@H](C)C(C)(C)C)c4n3)s2)c1. The average Bonchev–Trinajstić information content (AvgIpc) is 3.50. The summed E-state index contributed by atoms with van der Waals surface area (Å²) in [7, 11) is 0. The number of fused-ring (bicyclic) bond motifs is 1. The van der Waals surface area contributed by atoms with Crippen molar-refractivity contribution in [3.8, 4) is 10.6 Å². The van der Waals surface area contributed by atoms with Crippen molar-refractivity contribution in [3.05, 3.63) is 56.9 Å². The minimum Gasteiger partial charge on any atom is -0.349 e. The fourth-order valence-corrected chi connectivity index (χ4v) is 4.80. The number of carbonyl (C=O) groups excluding carboxylic acids is 2. The molecule has 0 radical (unpaired) electrons. The Morgan fingerprint density at radius 2 is 2.00 bits per heavy atom. The molecule has 4 heterocycles. The topological polar surface area (TPSA) is 99.8 Å². The molecule has 0 fully saturated rings. The fraction of sp³-hybridized carbons (Fsp3) is 0.333. The Morgan fingerprint density at radius 3 is 2.70 bits per heavy atom. The summed E-state index contributed by atoms with van der Waals surface area (Å²) in [6.45, 7) is 10.8. The highest BCUT2D eigenvalue weighted by Gasteiger charge is 2.24. The lowest BCUT2D eigenvalue weighted by Crippen LogP contribution is -2.41. The number of H-pyrrole nitrogens is 1. The first-order valence-electron chi connectivity index (χ1n) is 10.7. The maximum atomic E-state index is 12.9. The van der Waals surface area contributed by atoms with E-state index < -0.39 is 0 Å². The van der Waals surface area contributed by atoms with Crippen LogP contribution in [-0.4, -0.2) is 32.8 Å². The zero-order valence-electron chi connectivity index (χ0n) is 19.3. The van der Waals surface area contributed by atoms with Crippen molar-refractivity contribution >= 4 is 45.7 Å². The van der Waals surface area contributed by atoms with Crippen LogP contribution >= 0.6 is 22.7 Å². The molecule has 0 bridgehead atoms. The Hall–Kier alpha value is -3.04. The molecule has 0 aliphatic heterocycles. The van der Waals surface area contributed by atoms with E-state index in [-0.39, 0.29) is 23.3 Å². The van der Waals surface area contributed by atoms with E-state index in [1.807, 2.05) is 19.9 Å². The van der Waals surface area contributed by atoms with Crippen molar-refractivity contribution in [2.24, 2.45) is 5.41 Å². The van der Waals surface area contributed by atoms with Crippen LogP contribution in [0.25, 0.3) is 21.7 Å². The Morgan fingerprint density at radius 1 is 1.21 bits per heavy atom. The van der Waals surface area contributed by atoms with E-state index in [9.17, 15) is 9.59 Å². The van der Waals surface area contributed by atoms with Crippen molar-refractivity contribution in [2.45, 2.75) is 47.2 Å². The number of hydrogen-bond acceptors (Lipinski definition) is 6. The summed E-state index contributed by atoms with van der Waals surface area (Å²) in [4.78, 5) is 40.1. The normalized spacial score (nSPS) is 12.6. The Balaban J connectivity index is 1.52. The summed E-state index contributed by atoms with van der Waals surface area (Å²) >= 11 is 2.99. The third-order valence-electron chi connectivity index (χ3n) is 5.56. The lowest BCUT2D eigenvalue weighted by molar-refractivity contribution is 0.0910. The number of aromatic nitrogens is 3. The third-order valence-corrected chi connectivity index (χ3v) is 7.72. The van der Waals surface area contributed by atoms with Crippen LogP contribution in [0, 0.1) is 12.3 Å². The number of aryl methyl sites for hydroxylation is 1. The minimum absolute atomic E-state index is 0.0115. The smallest absolute Gasteiger partial charge is 0.261 e. The average molecular weight is 482 g/mol. The molecule has 4 aromatic rings. The summed E-state index contributed by atoms with van der Waals surface area (Å²) in [6, 6.07) is 5.71. The number of nitrogens with zero attached hydrogens (tertiary/aromatic N) is 2. The number of nitrogens with one attached hydrogen (secondary N) is 3. The molecule has 0 aromatic carbocycles. The molecule has 4 rings (SSSR count). The molecule has 7 nitrogen and oxygen atoms in total. The molecule has 2 amide bonds. The van der Waals surface area contributed by atoms with Gasteiger partial charge in [-0.25, -0.2) is 9.97 Å². The van der Waals surface area contributed by atoms with Gasteiger partial charge in [0.2, 0.25) is 0 Å². The second-order valence-electron chi connectivity index (χ2n) is 9.15. The van der Waals surface area contributed by atoms with Crippen molar-refractivity contribution in [1.82, 2.24) is 25.6 Å². The molecule has 172 valence electrons. The van der Waals surface area contributed by atoms with Crippen molar-refractivity contribution in [3.63, 3.8) is 0 Å². The first-order valence-corrected chi connectivity index (χ1v) is 12.4. The van der Waals surface area contributed by atoms with Crippen LogP contribution in [0.15, 0.2) is 36.0 Å². The minimum atomic E-state index is -0.190. The van der Waals surface area contributed by atoms with E-state index >= 15 is 0 Å². The van der Waals surface area contributed by atoms with Crippen LogP contribution in [0.3, 0.4) is 0 Å². The molecule has 4 aromatic heterocycles. The highest BCUT2D eigenvalue weighted by Crippen LogP contribution is 2.28. The predicted molar refractivity (Wildman–Crippen MR) is 134 cm³/mol. The predicted octanol–water partition coefficient (Wildman–Crippen LogP) is 5.15. The summed E-state index contributed by atoms with van der Waals surface area (Å²) < 4.78 is 0. The van der Waals surface area contributed by atoms with E-state index in [4.69, 9.17) is 4.98 Å². The Kier molecular flexibility index (Phi) is 6.36. The van der Waals surface area contributed by atoms with Crippen LogP contribution in [0.5, 0.6) is 0 Å². The van der Waals surface area contributed by atoms with Crippen LogP contribution in [0.2, 0.25) is 0 Å². The summed E-state index contributed by atoms with van der Waals surface area (Å²) in [5.74, 6) is -0.311. The van der Waals surface area contributed by atoms with E-state index in [0.717, 1.165) is 9.75 Å². The molecule has 0 aliphatic carbocycles. The van der Waals surface area contributed by atoms with Gasteiger partial charge in [0.05, 0.1) is 33.8 Å². The van der Waals surface area contributed by atoms with Gasteiger partial charge >= 0.3 is 0 Å². The van der Waals surface area contributed by atoms with Crippen molar-refractivity contribution in [2.75, 3.05) is 0 Å². The van der Waals surface area contributed by atoms with E-state index in [1.54, 1.807) is 29.8 Å². The van der Waals surface area contributed by atoms with Crippen LogP contribution in [-0.2, 0) is 6.54 Å². The van der Waals surface area contributed by atoms with E-state index in [0.29, 0.717) is 33.8 Å².